The van der Waals surface area contributed by atoms with Crippen molar-refractivity contribution < 1.29 is 0 Å². The van der Waals surface area contributed by atoms with Crippen LogP contribution >= 0.6 is 0 Å². The molecule has 2 bridgehead atoms. The normalized spacial score (nSPS) is 22.5. The van der Waals surface area contributed by atoms with Gasteiger partial charge in [-0.2, -0.15) is 5.26 Å². The van der Waals surface area contributed by atoms with Crippen molar-refractivity contribution in [3.05, 3.63) is 51.9 Å². The van der Waals surface area contributed by atoms with Gasteiger partial charge in [0.25, 0.3) is 0 Å². The van der Waals surface area contributed by atoms with Crippen LogP contribution in [-0.2, 0) is 20.1 Å². The van der Waals surface area contributed by atoms with Crippen LogP contribution in [-0.4, -0.2) is 43.7 Å². The minimum Gasteiger partial charge on any atom is -0.305 e. The molecule has 3 aromatic rings. The highest BCUT2D eigenvalue weighted by molar-refractivity contribution is 5.78. The number of likely N-dealkylation sites (tertiary alicyclic amines) is 1. The number of aryl methyl sites for hydroxylation is 1. The average molecular weight is 501 g/mol. The zero-order valence-electron chi connectivity index (χ0n) is 23.4. The van der Waals surface area contributed by atoms with Crippen molar-refractivity contribution in [2.24, 2.45) is 17.9 Å². The first-order chi connectivity index (χ1) is 17.3. The Hall–Kier alpha value is -2.95. The summed E-state index contributed by atoms with van der Waals surface area (Å²) in [6.45, 7) is 16.9. The molecule has 0 saturated carbocycles. The molecule has 2 atom stereocenters. The lowest BCUT2D eigenvalue weighted by atomic mass is 9.72. The molecule has 2 unspecified atom stereocenters. The molecule has 1 N–H and O–H groups in total. The summed E-state index contributed by atoms with van der Waals surface area (Å²) in [4.78, 5) is 20.5. The molecule has 0 spiro atoms. The zero-order chi connectivity index (χ0) is 26.8. The number of hydrogen-bond donors (Lipinski definition) is 1. The SMILES string of the molecule is Cn1c(=O)n(CC(C)(C)C)c2ccc(-c3cc(CN4CC5CCC(C(C)(C)C)(C4)N5)ccc3C#N)nc21. The van der Waals surface area contributed by atoms with Gasteiger partial charge in [-0.3, -0.25) is 14.0 Å². The van der Waals surface area contributed by atoms with Crippen LogP contribution in [0.4, 0.5) is 0 Å². The van der Waals surface area contributed by atoms with E-state index < -0.39 is 0 Å². The molecule has 0 amide bonds. The van der Waals surface area contributed by atoms with Crippen LogP contribution in [0.25, 0.3) is 22.4 Å². The predicted molar refractivity (Wildman–Crippen MR) is 148 cm³/mol. The maximum atomic E-state index is 13.0. The van der Waals surface area contributed by atoms with E-state index in [1.54, 1.807) is 16.2 Å². The number of benzene rings is 1. The number of nitrogens with one attached hydrogen (secondary N) is 1. The van der Waals surface area contributed by atoms with Gasteiger partial charge >= 0.3 is 5.69 Å². The summed E-state index contributed by atoms with van der Waals surface area (Å²) >= 11 is 0. The van der Waals surface area contributed by atoms with Crippen molar-refractivity contribution in [2.45, 2.75) is 79.1 Å². The summed E-state index contributed by atoms with van der Waals surface area (Å²) < 4.78 is 3.42. The van der Waals surface area contributed by atoms with E-state index in [0.29, 0.717) is 23.8 Å². The van der Waals surface area contributed by atoms with Gasteiger partial charge in [-0.25, -0.2) is 9.78 Å². The fourth-order valence-electron chi connectivity index (χ4n) is 6.23. The van der Waals surface area contributed by atoms with E-state index in [2.05, 4.69) is 70.0 Å². The van der Waals surface area contributed by atoms with E-state index in [1.165, 1.54) is 18.4 Å². The van der Waals surface area contributed by atoms with Crippen molar-refractivity contribution in [1.29, 1.82) is 5.26 Å². The first-order valence-corrected chi connectivity index (χ1v) is 13.4. The van der Waals surface area contributed by atoms with E-state index in [4.69, 9.17) is 4.98 Å². The highest BCUT2D eigenvalue weighted by atomic mass is 16.1. The number of pyridine rings is 1. The van der Waals surface area contributed by atoms with E-state index in [9.17, 15) is 10.1 Å². The number of hydrogen-bond acceptors (Lipinski definition) is 5. The van der Waals surface area contributed by atoms with Gasteiger partial charge in [0.2, 0.25) is 0 Å². The second-order valence-electron chi connectivity index (χ2n) is 13.4. The Morgan fingerprint density at radius 2 is 1.92 bits per heavy atom. The van der Waals surface area contributed by atoms with Crippen molar-refractivity contribution >= 4 is 11.2 Å². The van der Waals surface area contributed by atoms with Gasteiger partial charge in [-0.15, -0.1) is 0 Å². The number of aromatic nitrogens is 3. The van der Waals surface area contributed by atoms with Crippen LogP contribution in [0.5, 0.6) is 0 Å². The Morgan fingerprint density at radius 1 is 1.16 bits per heavy atom. The smallest absolute Gasteiger partial charge is 0.305 e. The van der Waals surface area contributed by atoms with Gasteiger partial charge in [-0.1, -0.05) is 47.6 Å². The number of rotatable bonds is 4. The largest absolute Gasteiger partial charge is 0.330 e. The van der Waals surface area contributed by atoms with Crippen LogP contribution in [0.1, 0.15) is 65.5 Å². The third-order valence-corrected chi connectivity index (χ3v) is 8.31. The van der Waals surface area contributed by atoms with Crippen LogP contribution in [0, 0.1) is 22.2 Å². The third-order valence-electron chi connectivity index (χ3n) is 8.31. The first-order valence-electron chi connectivity index (χ1n) is 13.4. The molecule has 7 heteroatoms. The third kappa shape index (κ3) is 4.62. The number of nitrogens with zero attached hydrogens (tertiary/aromatic N) is 5. The molecule has 37 heavy (non-hydrogen) atoms. The molecule has 1 aromatic carbocycles. The standard InChI is InChI=1S/C30H40N6O/c1-28(2,3)18-36-25-11-10-24(32-26(25)34(7)27(36)37)23-14-20(8-9-21(23)15-31)16-35-17-22-12-13-30(19-35,33-22)29(4,5)6/h8-11,14,22,33H,12-13,16-19H2,1-7H3. The summed E-state index contributed by atoms with van der Waals surface area (Å²) in [6, 6.07) is 12.9. The van der Waals surface area contributed by atoms with Crippen LogP contribution in [0.15, 0.2) is 35.1 Å². The highest BCUT2D eigenvalue weighted by Crippen LogP contribution is 2.43. The van der Waals surface area contributed by atoms with Crippen molar-refractivity contribution in [3.8, 4) is 17.3 Å². The Balaban J connectivity index is 1.49. The molecule has 2 aromatic heterocycles. The molecular formula is C30H40N6O. The predicted octanol–water partition coefficient (Wildman–Crippen LogP) is 4.67. The van der Waals surface area contributed by atoms with Crippen LogP contribution < -0.4 is 11.0 Å². The first kappa shape index (κ1) is 25.7. The quantitative estimate of drug-likeness (QED) is 0.563. The molecule has 7 nitrogen and oxygen atoms in total. The van der Waals surface area contributed by atoms with Gasteiger partial charge < -0.3 is 5.32 Å². The Bertz CT molecular complexity index is 1440. The number of imidazole rings is 1. The topological polar surface area (TPSA) is 78.9 Å². The van der Waals surface area contributed by atoms with Crippen LogP contribution in [0.3, 0.4) is 0 Å². The highest BCUT2D eigenvalue weighted by Gasteiger charge is 2.51. The number of nitriles is 1. The molecular weight excluding hydrogens is 460 g/mol. The maximum Gasteiger partial charge on any atom is 0.330 e. The molecule has 0 radical (unpaired) electrons. The van der Waals surface area contributed by atoms with Gasteiger partial charge in [-0.05, 0) is 53.5 Å². The zero-order valence-corrected chi connectivity index (χ0v) is 23.4. The van der Waals surface area contributed by atoms with Crippen molar-refractivity contribution in [2.75, 3.05) is 13.1 Å². The molecule has 2 aliphatic rings. The number of piperazine rings is 1. The molecule has 0 aliphatic carbocycles. The van der Waals surface area contributed by atoms with Gasteiger partial charge in [0, 0.05) is 50.4 Å². The van der Waals surface area contributed by atoms with E-state index in [0.717, 1.165) is 36.4 Å². The molecule has 2 fully saturated rings. The van der Waals surface area contributed by atoms with Crippen LogP contribution in [0.2, 0.25) is 0 Å². The molecule has 4 heterocycles. The Kier molecular flexibility index (Phi) is 6.12. The average Bonchev–Trinajstić information content (AvgIpc) is 3.26. The minimum atomic E-state index is -0.0649. The summed E-state index contributed by atoms with van der Waals surface area (Å²) in [5.41, 5.74) is 5.03. The fraction of sp³-hybridized carbons (Fsp3) is 0.567. The lowest BCUT2D eigenvalue weighted by Gasteiger charge is -2.49. The summed E-state index contributed by atoms with van der Waals surface area (Å²) in [7, 11) is 1.77. The summed E-state index contributed by atoms with van der Waals surface area (Å²) in [5.74, 6) is 0. The second kappa shape index (κ2) is 8.82. The second-order valence-corrected chi connectivity index (χ2v) is 13.4. The van der Waals surface area contributed by atoms with Gasteiger partial charge in [0.05, 0.1) is 22.8 Å². The Labute approximate surface area is 220 Å². The van der Waals surface area contributed by atoms with E-state index >= 15 is 0 Å². The summed E-state index contributed by atoms with van der Waals surface area (Å²) in [5, 5.41) is 13.8. The van der Waals surface area contributed by atoms with E-state index in [1.807, 2.05) is 18.2 Å². The monoisotopic (exact) mass is 500 g/mol. The van der Waals surface area contributed by atoms with Crippen molar-refractivity contribution in [1.82, 2.24) is 24.3 Å². The lowest BCUT2D eigenvalue weighted by Crippen LogP contribution is -2.64. The Morgan fingerprint density at radius 3 is 2.59 bits per heavy atom. The molecule has 196 valence electrons. The van der Waals surface area contributed by atoms with E-state index in [-0.39, 0.29) is 22.1 Å². The number of fused-ring (bicyclic) bond motifs is 3. The molecule has 5 rings (SSSR count). The lowest BCUT2D eigenvalue weighted by molar-refractivity contribution is 0.0549. The van der Waals surface area contributed by atoms with Crippen molar-refractivity contribution in [3.63, 3.8) is 0 Å². The summed E-state index contributed by atoms with van der Waals surface area (Å²) in [6.07, 6.45) is 2.44. The maximum absolute atomic E-state index is 13.0. The fourth-order valence-corrected chi connectivity index (χ4v) is 6.23. The minimum absolute atomic E-state index is 0.0336. The van der Waals surface area contributed by atoms with Gasteiger partial charge in [0.1, 0.15) is 0 Å². The van der Waals surface area contributed by atoms with Gasteiger partial charge in [0.15, 0.2) is 5.65 Å². The molecule has 2 saturated heterocycles. The molecule has 2 aliphatic heterocycles.